The number of imidazole rings is 1. The number of carbonyl (C=O) groups is 2. The third-order valence-corrected chi connectivity index (χ3v) is 4.36. The number of fused-ring (bicyclic) bond motifs is 1. The zero-order chi connectivity index (χ0) is 19.9. The number of halogens is 3. The Balaban J connectivity index is 1.70. The lowest BCUT2D eigenvalue weighted by Gasteiger charge is -2.12. The molecule has 2 amide bonds. The zero-order valence-corrected chi connectivity index (χ0v) is 14.5. The molecule has 144 valence electrons. The Bertz CT molecular complexity index is 1070. The van der Waals surface area contributed by atoms with E-state index in [0.717, 1.165) is 18.9 Å². The summed E-state index contributed by atoms with van der Waals surface area (Å²) in [5.41, 5.74) is -1.14. The third-order valence-electron chi connectivity index (χ3n) is 4.36. The molecule has 0 saturated heterocycles. The molecule has 0 aliphatic heterocycles. The molecule has 0 unspecified atom stereocenters. The SMILES string of the molecule is O=C(Nc1ccccc1C(F)(F)F)c1nc(C(=O)NC2CC2)n2ccccc12. The monoisotopic (exact) mass is 388 g/mol. The molecule has 1 aliphatic carbocycles. The minimum Gasteiger partial charge on any atom is -0.347 e. The molecule has 0 spiro atoms. The van der Waals surface area contributed by atoms with Crippen LogP contribution < -0.4 is 10.6 Å². The highest BCUT2D eigenvalue weighted by molar-refractivity contribution is 6.09. The number of anilines is 1. The summed E-state index contributed by atoms with van der Waals surface area (Å²) in [6, 6.07) is 9.68. The summed E-state index contributed by atoms with van der Waals surface area (Å²) >= 11 is 0. The fourth-order valence-corrected chi connectivity index (χ4v) is 2.86. The number of nitrogens with one attached hydrogen (secondary N) is 2. The highest BCUT2D eigenvalue weighted by Crippen LogP contribution is 2.34. The Kier molecular flexibility index (Phi) is 4.29. The summed E-state index contributed by atoms with van der Waals surface area (Å²) < 4.78 is 40.9. The predicted octanol–water partition coefficient (Wildman–Crippen LogP) is 3.50. The third kappa shape index (κ3) is 3.42. The second-order valence-corrected chi connectivity index (χ2v) is 6.49. The number of nitrogens with zero attached hydrogens (tertiary/aromatic N) is 2. The number of alkyl halides is 3. The van der Waals surface area contributed by atoms with Gasteiger partial charge < -0.3 is 10.6 Å². The number of para-hydroxylation sites is 1. The van der Waals surface area contributed by atoms with Crippen LogP contribution in [0.1, 0.15) is 39.5 Å². The van der Waals surface area contributed by atoms with Gasteiger partial charge in [0.05, 0.1) is 16.8 Å². The average molecular weight is 388 g/mol. The number of rotatable bonds is 4. The summed E-state index contributed by atoms with van der Waals surface area (Å²) in [6.07, 6.45) is -1.27. The van der Waals surface area contributed by atoms with E-state index >= 15 is 0 Å². The fraction of sp³-hybridized carbons (Fsp3) is 0.211. The highest BCUT2D eigenvalue weighted by Gasteiger charge is 2.34. The van der Waals surface area contributed by atoms with Crippen LogP contribution in [0.15, 0.2) is 48.7 Å². The molecule has 1 aliphatic rings. The van der Waals surface area contributed by atoms with Crippen molar-refractivity contribution >= 4 is 23.0 Å². The van der Waals surface area contributed by atoms with Crippen molar-refractivity contribution in [3.05, 3.63) is 65.7 Å². The molecule has 4 rings (SSSR count). The predicted molar refractivity (Wildman–Crippen MR) is 95.1 cm³/mol. The van der Waals surface area contributed by atoms with E-state index in [4.69, 9.17) is 0 Å². The average Bonchev–Trinajstić information content (AvgIpc) is 3.38. The smallest absolute Gasteiger partial charge is 0.347 e. The molecule has 0 radical (unpaired) electrons. The van der Waals surface area contributed by atoms with Gasteiger partial charge in [0.1, 0.15) is 0 Å². The molecule has 1 fully saturated rings. The number of hydrogen-bond acceptors (Lipinski definition) is 3. The molecular weight excluding hydrogens is 373 g/mol. The molecule has 2 aromatic heterocycles. The minimum atomic E-state index is -4.62. The van der Waals surface area contributed by atoms with Crippen LogP contribution in [0.5, 0.6) is 0 Å². The first-order valence-corrected chi connectivity index (χ1v) is 8.60. The Morgan fingerprint density at radius 3 is 2.46 bits per heavy atom. The van der Waals surface area contributed by atoms with Crippen LogP contribution in [0.2, 0.25) is 0 Å². The van der Waals surface area contributed by atoms with Crippen molar-refractivity contribution in [2.45, 2.75) is 25.1 Å². The van der Waals surface area contributed by atoms with Crippen LogP contribution >= 0.6 is 0 Å². The molecule has 2 heterocycles. The summed E-state index contributed by atoms with van der Waals surface area (Å²) in [7, 11) is 0. The van der Waals surface area contributed by atoms with Crippen molar-refractivity contribution in [1.82, 2.24) is 14.7 Å². The zero-order valence-electron chi connectivity index (χ0n) is 14.5. The highest BCUT2D eigenvalue weighted by atomic mass is 19.4. The first kappa shape index (κ1) is 18.0. The topological polar surface area (TPSA) is 75.5 Å². The molecule has 0 bridgehead atoms. The van der Waals surface area contributed by atoms with Gasteiger partial charge in [-0.25, -0.2) is 4.98 Å². The first-order chi connectivity index (χ1) is 13.3. The largest absolute Gasteiger partial charge is 0.418 e. The second kappa shape index (κ2) is 6.66. The molecule has 9 heteroatoms. The summed E-state index contributed by atoms with van der Waals surface area (Å²) in [5, 5.41) is 5.05. The van der Waals surface area contributed by atoms with Gasteiger partial charge in [-0.15, -0.1) is 0 Å². The van der Waals surface area contributed by atoms with Gasteiger partial charge in [0, 0.05) is 12.2 Å². The molecule has 2 N–H and O–H groups in total. The Morgan fingerprint density at radius 2 is 1.75 bits per heavy atom. The van der Waals surface area contributed by atoms with Crippen LogP contribution in [-0.4, -0.2) is 27.2 Å². The quantitative estimate of drug-likeness (QED) is 0.718. The molecular formula is C19H15F3N4O2. The van der Waals surface area contributed by atoms with Crippen LogP contribution in [0.25, 0.3) is 5.52 Å². The minimum absolute atomic E-state index is 0.0109. The number of pyridine rings is 1. The van der Waals surface area contributed by atoms with Crippen LogP contribution in [0.4, 0.5) is 18.9 Å². The standard InChI is InChI=1S/C19H15F3N4O2/c20-19(21,22)12-5-1-2-6-13(12)24-17(27)15-14-7-3-4-10-26(14)16(25-15)18(28)23-11-8-9-11/h1-7,10-11H,8-9H2,(H,23,28)(H,24,27). The number of hydrogen-bond donors (Lipinski definition) is 2. The molecule has 1 aromatic carbocycles. The van der Waals surface area contributed by atoms with E-state index in [9.17, 15) is 22.8 Å². The van der Waals surface area contributed by atoms with Gasteiger partial charge in [-0.1, -0.05) is 18.2 Å². The van der Waals surface area contributed by atoms with Gasteiger partial charge in [-0.05, 0) is 37.1 Å². The van der Waals surface area contributed by atoms with Crippen LogP contribution in [0.3, 0.4) is 0 Å². The van der Waals surface area contributed by atoms with Crippen molar-refractivity contribution in [2.24, 2.45) is 0 Å². The molecule has 3 aromatic rings. The van der Waals surface area contributed by atoms with E-state index < -0.39 is 23.6 Å². The normalized spacial score (nSPS) is 14.1. The van der Waals surface area contributed by atoms with Gasteiger partial charge in [0.2, 0.25) is 5.82 Å². The first-order valence-electron chi connectivity index (χ1n) is 8.60. The maximum absolute atomic E-state index is 13.2. The van der Waals surface area contributed by atoms with Crippen molar-refractivity contribution in [3.8, 4) is 0 Å². The summed E-state index contributed by atoms with van der Waals surface area (Å²) in [6.45, 7) is 0. The molecule has 6 nitrogen and oxygen atoms in total. The van der Waals surface area contributed by atoms with Gasteiger partial charge in [-0.2, -0.15) is 13.2 Å². The number of benzene rings is 1. The lowest BCUT2D eigenvalue weighted by molar-refractivity contribution is -0.136. The van der Waals surface area contributed by atoms with Crippen LogP contribution in [0, 0.1) is 0 Å². The van der Waals surface area contributed by atoms with Gasteiger partial charge in [-0.3, -0.25) is 14.0 Å². The van der Waals surface area contributed by atoms with E-state index in [-0.39, 0.29) is 23.2 Å². The molecule has 0 atom stereocenters. The maximum atomic E-state index is 13.2. The summed E-state index contributed by atoms with van der Waals surface area (Å²) in [4.78, 5) is 29.2. The lowest BCUT2D eigenvalue weighted by atomic mass is 10.1. The lowest BCUT2D eigenvalue weighted by Crippen LogP contribution is -2.27. The van der Waals surface area contributed by atoms with E-state index in [1.165, 1.54) is 22.6 Å². The van der Waals surface area contributed by atoms with Gasteiger partial charge >= 0.3 is 6.18 Å². The Hall–Kier alpha value is -3.36. The molecule has 1 saturated carbocycles. The van der Waals surface area contributed by atoms with Gasteiger partial charge in [0.15, 0.2) is 5.69 Å². The second-order valence-electron chi connectivity index (χ2n) is 6.49. The molecule has 28 heavy (non-hydrogen) atoms. The van der Waals surface area contributed by atoms with Crippen molar-refractivity contribution in [2.75, 3.05) is 5.32 Å². The fourth-order valence-electron chi connectivity index (χ4n) is 2.86. The number of aromatic nitrogens is 2. The summed E-state index contributed by atoms with van der Waals surface area (Å²) in [5.74, 6) is -1.25. The van der Waals surface area contributed by atoms with Crippen molar-refractivity contribution < 1.29 is 22.8 Å². The Morgan fingerprint density at radius 1 is 1.04 bits per heavy atom. The Labute approximate surface area is 157 Å². The van der Waals surface area contributed by atoms with E-state index in [2.05, 4.69) is 15.6 Å². The number of amides is 2. The van der Waals surface area contributed by atoms with E-state index in [0.29, 0.717) is 5.52 Å². The van der Waals surface area contributed by atoms with Crippen molar-refractivity contribution in [1.29, 1.82) is 0 Å². The van der Waals surface area contributed by atoms with Crippen LogP contribution in [-0.2, 0) is 6.18 Å². The van der Waals surface area contributed by atoms with Crippen molar-refractivity contribution in [3.63, 3.8) is 0 Å². The number of carbonyl (C=O) groups excluding carboxylic acids is 2. The van der Waals surface area contributed by atoms with Gasteiger partial charge in [0.25, 0.3) is 11.8 Å². The maximum Gasteiger partial charge on any atom is 0.418 e. The van der Waals surface area contributed by atoms with E-state index in [1.54, 1.807) is 24.4 Å². The van der Waals surface area contributed by atoms with E-state index in [1.807, 2.05) is 0 Å².